The zero-order chi connectivity index (χ0) is 12.3. The summed E-state index contributed by atoms with van der Waals surface area (Å²) in [6, 6.07) is 2.42. The Morgan fingerprint density at radius 1 is 1.59 bits per heavy atom. The summed E-state index contributed by atoms with van der Waals surface area (Å²) in [5, 5.41) is 10.9. The van der Waals surface area contributed by atoms with Crippen molar-refractivity contribution in [3.8, 4) is 0 Å². The molecule has 17 heavy (non-hydrogen) atoms. The number of carboxylic acids is 1. The van der Waals surface area contributed by atoms with Crippen molar-refractivity contribution in [2.75, 3.05) is 11.4 Å². The normalized spacial score (nSPS) is 20.5. The van der Waals surface area contributed by atoms with Crippen LogP contribution in [0, 0.1) is 0 Å². The fourth-order valence-electron chi connectivity index (χ4n) is 2.56. The summed E-state index contributed by atoms with van der Waals surface area (Å²) in [6.07, 6.45) is 6.16. The van der Waals surface area contributed by atoms with Gasteiger partial charge in [-0.25, -0.2) is 4.79 Å². The Kier molecular flexibility index (Phi) is 4.05. The van der Waals surface area contributed by atoms with Gasteiger partial charge >= 0.3 is 5.97 Å². The SMILES string of the molecule is CCCC1CCCCN1c1csc(C(=O)O)c1. The lowest BCUT2D eigenvalue weighted by Gasteiger charge is -2.37. The zero-order valence-electron chi connectivity index (χ0n) is 10.2. The Balaban J connectivity index is 2.14. The van der Waals surface area contributed by atoms with Crippen LogP contribution in [0.15, 0.2) is 11.4 Å². The molecule has 2 rings (SSSR count). The van der Waals surface area contributed by atoms with Crippen molar-refractivity contribution in [2.45, 2.75) is 45.1 Å². The minimum atomic E-state index is -0.815. The van der Waals surface area contributed by atoms with Gasteiger partial charge in [-0.3, -0.25) is 0 Å². The molecule has 1 aromatic rings. The Labute approximate surface area is 106 Å². The summed E-state index contributed by atoms with van der Waals surface area (Å²) in [7, 11) is 0. The predicted molar refractivity (Wildman–Crippen MR) is 71.2 cm³/mol. The molecule has 0 saturated carbocycles. The molecular weight excluding hydrogens is 234 g/mol. The molecule has 4 heteroatoms. The highest BCUT2D eigenvalue weighted by Crippen LogP contribution is 2.30. The van der Waals surface area contributed by atoms with Crippen LogP contribution in [0.5, 0.6) is 0 Å². The first kappa shape index (κ1) is 12.4. The molecule has 94 valence electrons. The van der Waals surface area contributed by atoms with Gasteiger partial charge in [-0.05, 0) is 31.7 Å². The highest BCUT2D eigenvalue weighted by atomic mass is 32.1. The highest BCUT2D eigenvalue weighted by molar-refractivity contribution is 7.12. The second-order valence-corrected chi connectivity index (χ2v) is 5.52. The molecule has 1 aliphatic heterocycles. The van der Waals surface area contributed by atoms with Crippen LogP contribution in [-0.2, 0) is 0 Å². The quantitative estimate of drug-likeness (QED) is 0.891. The third-order valence-electron chi connectivity index (χ3n) is 3.38. The van der Waals surface area contributed by atoms with E-state index in [2.05, 4.69) is 11.8 Å². The van der Waals surface area contributed by atoms with Crippen LogP contribution >= 0.6 is 11.3 Å². The molecule has 1 unspecified atom stereocenters. The van der Waals surface area contributed by atoms with Gasteiger partial charge < -0.3 is 10.0 Å². The van der Waals surface area contributed by atoms with Crippen molar-refractivity contribution in [1.29, 1.82) is 0 Å². The summed E-state index contributed by atoms with van der Waals surface area (Å²) >= 11 is 1.33. The van der Waals surface area contributed by atoms with E-state index < -0.39 is 5.97 Å². The second kappa shape index (κ2) is 5.54. The number of nitrogens with zero attached hydrogens (tertiary/aromatic N) is 1. The van der Waals surface area contributed by atoms with E-state index in [9.17, 15) is 4.79 Å². The molecule has 0 radical (unpaired) electrons. The van der Waals surface area contributed by atoms with Gasteiger partial charge in [0.2, 0.25) is 0 Å². The number of carboxylic acid groups (broad SMARTS) is 1. The van der Waals surface area contributed by atoms with E-state index in [1.807, 2.05) is 11.4 Å². The Bertz CT molecular complexity index is 387. The van der Waals surface area contributed by atoms with E-state index in [0.717, 1.165) is 12.2 Å². The van der Waals surface area contributed by atoms with Gasteiger partial charge in [0.15, 0.2) is 0 Å². The minimum absolute atomic E-state index is 0.445. The third kappa shape index (κ3) is 2.80. The van der Waals surface area contributed by atoms with E-state index >= 15 is 0 Å². The van der Waals surface area contributed by atoms with E-state index in [-0.39, 0.29) is 0 Å². The van der Waals surface area contributed by atoms with E-state index in [1.165, 1.54) is 43.4 Å². The summed E-state index contributed by atoms with van der Waals surface area (Å²) in [6.45, 7) is 3.28. The smallest absolute Gasteiger partial charge is 0.345 e. The molecule has 0 spiro atoms. The maximum atomic E-state index is 10.9. The van der Waals surface area contributed by atoms with Crippen molar-refractivity contribution >= 4 is 23.0 Å². The number of piperidine rings is 1. The fraction of sp³-hybridized carbons (Fsp3) is 0.615. The zero-order valence-corrected chi connectivity index (χ0v) is 11.0. The van der Waals surface area contributed by atoms with Crippen LogP contribution in [0.1, 0.15) is 48.7 Å². The molecule has 1 N–H and O–H groups in total. The van der Waals surface area contributed by atoms with Gasteiger partial charge in [-0.1, -0.05) is 13.3 Å². The lowest BCUT2D eigenvalue weighted by atomic mass is 9.98. The van der Waals surface area contributed by atoms with E-state index in [1.54, 1.807) is 0 Å². The van der Waals surface area contributed by atoms with Crippen LogP contribution in [0.3, 0.4) is 0 Å². The van der Waals surface area contributed by atoms with Gasteiger partial charge in [0, 0.05) is 23.7 Å². The summed E-state index contributed by atoms with van der Waals surface area (Å²) in [4.78, 5) is 13.7. The molecular formula is C13H19NO2S. The Morgan fingerprint density at radius 2 is 2.41 bits per heavy atom. The molecule has 1 atom stereocenters. The molecule has 0 bridgehead atoms. The molecule has 1 aliphatic rings. The van der Waals surface area contributed by atoms with Crippen molar-refractivity contribution in [3.63, 3.8) is 0 Å². The average molecular weight is 253 g/mol. The van der Waals surface area contributed by atoms with Crippen LogP contribution in [0.25, 0.3) is 0 Å². The number of thiophene rings is 1. The Hall–Kier alpha value is -1.03. The van der Waals surface area contributed by atoms with Gasteiger partial charge in [0.05, 0.1) is 0 Å². The maximum absolute atomic E-state index is 10.9. The first-order valence-corrected chi connectivity index (χ1v) is 7.18. The van der Waals surface area contributed by atoms with Gasteiger partial charge in [0.25, 0.3) is 0 Å². The predicted octanol–water partition coefficient (Wildman–Crippen LogP) is 3.61. The average Bonchev–Trinajstić information content (AvgIpc) is 2.79. The minimum Gasteiger partial charge on any atom is -0.477 e. The summed E-state index contributed by atoms with van der Waals surface area (Å²) < 4.78 is 0. The third-order valence-corrected chi connectivity index (χ3v) is 4.28. The number of rotatable bonds is 4. The molecule has 1 fully saturated rings. The molecule has 3 nitrogen and oxygen atoms in total. The maximum Gasteiger partial charge on any atom is 0.345 e. The number of aromatic carboxylic acids is 1. The largest absolute Gasteiger partial charge is 0.477 e. The number of carbonyl (C=O) groups is 1. The highest BCUT2D eigenvalue weighted by Gasteiger charge is 2.23. The van der Waals surface area contributed by atoms with E-state index in [0.29, 0.717) is 10.9 Å². The summed E-state index contributed by atoms with van der Waals surface area (Å²) in [5.41, 5.74) is 1.10. The van der Waals surface area contributed by atoms with Crippen molar-refractivity contribution in [2.24, 2.45) is 0 Å². The summed E-state index contributed by atoms with van der Waals surface area (Å²) in [5.74, 6) is -0.815. The molecule has 2 heterocycles. The molecule has 0 aliphatic carbocycles. The second-order valence-electron chi connectivity index (χ2n) is 4.61. The van der Waals surface area contributed by atoms with Crippen molar-refractivity contribution in [1.82, 2.24) is 0 Å². The number of hydrogen-bond acceptors (Lipinski definition) is 3. The molecule has 0 aromatic carbocycles. The lowest BCUT2D eigenvalue weighted by Crippen LogP contribution is -2.39. The topological polar surface area (TPSA) is 40.5 Å². The van der Waals surface area contributed by atoms with Crippen LogP contribution < -0.4 is 4.90 Å². The van der Waals surface area contributed by atoms with Crippen molar-refractivity contribution < 1.29 is 9.90 Å². The van der Waals surface area contributed by atoms with Crippen LogP contribution in [0.4, 0.5) is 5.69 Å². The van der Waals surface area contributed by atoms with Crippen LogP contribution in [0.2, 0.25) is 0 Å². The van der Waals surface area contributed by atoms with Crippen molar-refractivity contribution in [3.05, 3.63) is 16.3 Å². The lowest BCUT2D eigenvalue weighted by molar-refractivity contribution is 0.0702. The molecule has 1 saturated heterocycles. The first-order valence-electron chi connectivity index (χ1n) is 6.31. The molecule has 1 aromatic heterocycles. The molecule has 0 amide bonds. The van der Waals surface area contributed by atoms with Crippen LogP contribution in [-0.4, -0.2) is 23.7 Å². The fourth-order valence-corrected chi connectivity index (χ4v) is 3.30. The van der Waals surface area contributed by atoms with Gasteiger partial charge in [0.1, 0.15) is 4.88 Å². The standard InChI is InChI=1S/C13H19NO2S/c1-2-5-10-6-3-4-7-14(10)11-8-12(13(15)16)17-9-11/h8-10H,2-7H2,1H3,(H,15,16). The van der Waals surface area contributed by atoms with Gasteiger partial charge in [-0.2, -0.15) is 0 Å². The monoisotopic (exact) mass is 253 g/mol. The number of hydrogen-bond donors (Lipinski definition) is 1. The van der Waals surface area contributed by atoms with Gasteiger partial charge in [-0.15, -0.1) is 11.3 Å². The van der Waals surface area contributed by atoms with E-state index in [4.69, 9.17) is 5.11 Å². The Morgan fingerprint density at radius 3 is 3.06 bits per heavy atom. The number of anilines is 1. The first-order chi connectivity index (χ1) is 8.22.